The summed E-state index contributed by atoms with van der Waals surface area (Å²) in [6.07, 6.45) is 10.8. The van der Waals surface area contributed by atoms with E-state index in [0.29, 0.717) is 5.57 Å². The quantitative estimate of drug-likeness (QED) is 0.540. The molecule has 5 heteroatoms. The number of aliphatic hydroxyl groups is 1. The first-order chi connectivity index (χ1) is 16.3. The number of fused-ring (bicyclic) bond motifs is 7. The predicted octanol–water partition coefficient (Wildman–Crippen LogP) is 5.11. The third kappa shape index (κ3) is 3.08. The molecule has 190 valence electrons. The molecule has 5 aliphatic carbocycles. The Hall–Kier alpha value is -1.93. The van der Waals surface area contributed by atoms with Crippen LogP contribution in [0.25, 0.3) is 0 Å². The van der Waals surface area contributed by atoms with Gasteiger partial charge in [0.25, 0.3) is 0 Å². The zero-order chi connectivity index (χ0) is 25.6. The zero-order valence-electron chi connectivity index (χ0n) is 22.3. The average Bonchev–Trinajstić information content (AvgIpc) is 2.79. The first-order valence-electron chi connectivity index (χ1n) is 13.6. The molecule has 5 nitrogen and oxygen atoms in total. The Bertz CT molecular complexity index is 1070. The summed E-state index contributed by atoms with van der Waals surface area (Å²) in [5, 5.41) is 23.8. The number of nitrogens with one attached hydrogen (secondary N) is 1. The van der Waals surface area contributed by atoms with E-state index >= 15 is 0 Å². The van der Waals surface area contributed by atoms with E-state index in [9.17, 15) is 20.0 Å². The van der Waals surface area contributed by atoms with Gasteiger partial charge in [-0.1, -0.05) is 53.2 Å². The van der Waals surface area contributed by atoms with E-state index in [-0.39, 0.29) is 51.2 Å². The number of hydrogen-bond donors (Lipinski definition) is 2. The van der Waals surface area contributed by atoms with Gasteiger partial charge in [-0.3, -0.25) is 9.59 Å². The summed E-state index contributed by atoms with van der Waals surface area (Å²) in [7, 11) is 0. The van der Waals surface area contributed by atoms with E-state index in [1.54, 1.807) is 0 Å². The fourth-order valence-electron chi connectivity index (χ4n) is 9.79. The van der Waals surface area contributed by atoms with Crippen molar-refractivity contribution in [3.8, 4) is 6.07 Å². The Morgan fingerprint density at radius 3 is 2.43 bits per heavy atom. The number of amides is 1. The van der Waals surface area contributed by atoms with E-state index < -0.39 is 11.5 Å². The molecule has 0 aromatic heterocycles. The van der Waals surface area contributed by atoms with Crippen molar-refractivity contribution >= 4 is 12.2 Å². The number of aliphatic hydroxyl groups excluding tert-OH is 1. The van der Waals surface area contributed by atoms with E-state index in [0.717, 1.165) is 51.4 Å². The van der Waals surface area contributed by atoms with Crippen LogP contribution in [-0.2, 0) is 9.59 Å². The van der Waals surface area contributed by atoms with E-state index in [4.69, 9.17) is 0 Å². The molecule has 0 heterocycles. The van der Waals surface area contributed by atoms with Crippen LogP contribution in [0.5, 0.6) is 0 Å². The maximum Gasteiger partial charge on any atom is 0.207 e. The molecule has 3 saturated carbocycles. The molecule has 9 atom stereocenters. The van der Waals surface area contributed by atoms with Gasteiger partial charge in [0, 0.05) is 16.9 Å². The highest BCUT2D eigenvalue weighted by molar-refractivity contribution is 5.95. The van der Waals surface area contributed by atoms with Crippen LogP contribution in [0, 0.1) is 56.7 Å². The van der Waals surface area contributed by atoms with Gasteiger partial charge in [0.05, 0.1) is 17.7 Å². The van der Waals surface area contributed by atoms with Crippen molar-refractivity contribution in [2.75, 3.05) is 0 Å². The topological polar surface area (TPSA) is 90.2 Å². The summed E-state index contributed by atoms with van der Waals surface area (Å²) in [6, 6.07) is 2.25. The monoisotopic (exact) mass is 478 g/mol. The Morgan fingerprint density at radius 1 is 1.09 bits per heavy atom. The number of carbonyl (C=O) groups excluding carboxylic acids is 2. The average molecular weight is 479 g/mol. The standard InChI is InChI=1S/C30H42N2O3/c1-18-20-7-8-28(5)23(27(20,4)14-19(16-31)25(18)35)13-22(34)24-21-15-26(2,3)9-11-30(21,32-17-33)12-10-29(24,28)6/h13-14,17-18,20-21,24-25,35H,7-12,15H2,1-6H3,(H,32,33)/t18-,20-,21?,24?,25?,27-,28+,29+,30-/m0/s1. The maximum absolute atomic E-state index is 14.2. The lowest BCUT2D eigenvalue weighted by atomic mass is 9.35. The van der Waals surface area contributed by atoms with Crippen LogP contribution >= 0.6 is 0 Å². The van der Waals surface area contributed by atoms with E-state index in [1.807, 2.05) is 12.2 Å². The Morgan fingerprint density at radius 2 is 1.77 bits per heavy atom. The van der Waals surface area contributed by atoms with Crippen LogP contribution in [0.4, 0.5) is 0 Å². The van der Waals surface area contributed by atoms with Gasteiger partial charge in [0.2, 0.25) is 6.41 Å². The van der Waals surface area contributed by atoms with E-state index in [1.165, 1.54) is 5.57 Å². The largest absolute Gasteiger partial charge is 0.387 e. The number of ketones is 1. The Balaban J connectivity index is 1.67. The van der Waals surface area contributed by atoms with Crippen molar-refractivity contribution in [2.24, 2.45) is 45.3 Å². The van der Waals surface area contributed by atoms with Crippen LogP contribution in [0.3, 0.4) is 0 Å². The second-order valence-electron chi connectivity index (χ2n) is 14.0. The maximum atomic E-state index is 14.2. The lowest BCUT2D eigenvalue weighted by molar-refractivity contribution is -0.161. The van der Waals surface area contributed by atoms with Gasteiger partial charge in [0.15, 0.2) is 5.78 Å². The smallest absolute Gasteiger partial charge is 0.207 e. The lowest BCUT2D eigenvalue weighted by Gasteiger charge is -2.68. The van der Waals surface area contributed by atoms with Crippen LogP contribution in [0.15, 0.2) is 23.3 Å². The van der Waals surface area contributed by atoms with Crippen LogP contribution < -0.4 is 5.32 Å². The summed E-state index contributed by atoms with van der Waals surface area (Å²) < 4.78 is 0. The van der Waals surface area contributed by atoms with Crippen molar-refractivity contribution in [3.63, 3.8) is 0 Å². The van der Waals surface area contributed by atoms with Crippen molar-refractivity contribution in [3.05, 3.63) is 23.3 Å². The first kappa shape index (κ1) is 24.8. The predicted molar refractivity (Wildman–Crippen MR) is 135 cm³/mol. The SMILES string of the molecule is C[C@@H]1C(O)C(C#N)=C[C@]2(C)C3=CC(=O)C4C5CC(C)(C)CC[C@]5(NC=O)CC[C@@]4(C)[C@]3(C)CC[C@@H]12. The van der Waals surface area contributed by atoms with Crippen molar-refractivity contribution in [2.45, 2.75) is 98.1 Å². The molecule has 3 fully saturated rings. The number of rotatable bonds is 2. The molecule has 0 saturated heterocycles. The summed E-state index contributed by atoms with van der Waals surface area (Å²) in [6.45, 7) is 13.6. The molecule has 0 spiro atoms. The second kappa shape index (κ2) is 7.54. The molecule has 0 aromatic rings. The minimum atomic E-state index is -0.736. The Kier molecular flexibility index (Phi) is 5.33. The summed E-state index contributed by atoms with van der Waals surface area (Å²) in [5.41, 5.74) is 0.652. The van der Waals surface area contributed by atoms with Gasteiger partial charge >= 0.3 is 0 Å². The molecule has 0 aromatic carbocycles. The first-order valence-corrected chi connectivity index (χ1v) is 13.6. The number of nitrogens with zero attached hydrogens (tertiary/aromatic N) is 1. The molecule has 3 unspecified atom stereocenters. The summed E-state index contributed by atoms with van der Waals surface area (Å²) >= 11 is 0. The molecule has 5 rings (SSSR count). The highest BCUT2D eigenvalue weighted by Crippen LogP contribution is 2.72. The highest BCUT2D eigenvalue weighted by Gasteiger charge is 2.68. The second-order valence-corrected chi connectivity index (χ2v) is 14.0. The number of hydrogen-bond acceptors (Lipinski definition) is 4. The third-order valence-corrected chi connectivity index (χ3v) is 12.0. The number of nitriles is 1. The zero-order valence-corrected chi connectivity index (χ0v) is 22.3. The third-order valence-electron chi connectivity index (χ3n) is 12.0. The molecular weight excluding hydrogens is 436 g/mol. The van der Waals surface area contributed by atoms with Crippen molar-refractivity contribution in [1.29, 1.82) is 5.26 Å². The Labute approximate surface area is 210 Å². The van der Waals surface area contributed by atoms with Crippen LogP contribution in [-0.4, -0.2) is 28.9 Å². The normalized spacial score (nSPS) is 50.2. The summed E-state index contributed by atoms with van der Waals surface area (Å²) in [4.78, 5) is 26.0. The molecule has 0 bridgehead atoms. The molecule has 0 aliphatic heterocycles. The van der Waals surface area contributed by atoms with Gasteiger partial charge in [0.1, 0.15) is 0 Å². The molecule has 2 N–H and O–H groups in total. The minimum Gasteiger partial charge on any atom is -0.387 e. The molecule has 0 radical (unpaired) electrons. The minimum absolute atomic E-state index is 0.0272. The fraction of sp³-hybridized carbons (Fsp3) is 0.767. The van der Waals surface area contributed by atoms with Gasteiger partial charge in [-0.05, 0) is 85.0 Å². The van der Waals surface area contributed by atoms with Crippen molar-refractivity contribution in [1.82, 2.24) is 5.32 Å². The molecule has 35 heavy (non-hydrogen) atoms. The van der Waals surface area contributed by atoms with E-state index in [2.05, 4.69) is 52.9 Å². The highest BCUT2D eigenvalue weighted by atomic mass is 16.3. The van der Waals surface area contributed by atoms with Gasteiger partial charge < -0.3 is 10.4 Å². The number of allylic oxidation sites excluding steroid dienone is 3. The molecule has 1 amide bonds. The van der Waals surface area contributed by atoms with Crippen LogP contribution in [0.1, 0.15) is 86.5 Å². The molecular formula is C30H42N2O3. The van der Waals surface area contributed by atoms with Crippen LogP contribution in [0.2, 0.25) is 0 Å². The number of carbonyl (C=O) groups is 2. The fourth-order valence-corrected chi connectivity index (χ4v) is 9.79. The van der Waals surface area contributed by atoms with Crippen molar-refractivity contribution < 1.29 is 14.7 Å². The summed E-state index contributed by atoms with van der Waals surface area (Å²) in [5.74, 6) is 0.381. The van der Waals surface area contributed by atoms with Gasteiger partial charge in [-0.25, -0.2) is 0 Å². The van der Waals surface area contributed by atoms with Gasteiger partial charge in [-0.15, -0.1) is 0 Å². The molecule has 5 aliphatic rings. The lowest BCUT2D eigenvalue weighted by Crippen LogP contribution is -2.68. The van der Waals surface area contributed by atoms with Gasteiger partial charge in [-0.2, -0.15) is 5.26 Å².